The van der Waals surface area contributed by atoms with E-state index in [0.717, 1.165) is 0 Å². The highest BCUT2D eigenvalue weighted by Gasteiger charge is 2.09. The molecule has 86 valence electrons. The van der Waals surface area contributed by atoms with Crippen LogP contribution in [0, 0.1) is 0 Å². The standard InChI is InChI=1S/C9H21NO4/c1-7(12)5-13-8(2)6-14-9(3-10)4-11/h7-9,11-12H,3-6,10H2,1-2H3. The molecule has 0 aromatic heterocycles. The zero-order chi connectivity index (χ0) is 11.0. The van der Waals surface area contributed by atoms with Crippen LogP contribution in [0.25, 0.3) is 0 Å². The van der Waals surface area contributed by atoms with Crippen LogP contribution in [0.4, 0.5) is 0 Å². The molecule has 0 fully saturated rings. The van der Waals surface area contributed by atoms with Crippen molar-refractivity contribution in [3.05, 3.63) is 0 Å². The summed E-state index contributed by atoms with van der Waals surface area (Å²) in [6.45, 7) is 4.36. The molecule has 0 aliphatic carbocycles. The Balaban J connectivity index is 3.46. The molecule has 14 heavy (non-hydrogen) atoms. The number of hydrogen-bond acceptors (Lipinski definition) is 5. The third-order valence-electron chi connectivity index (χ3n) is 1.66. The lowest BCUT2D eigenvalue weighted by atomic mass is 10.3. The minimum absolute atomic E-state index is 0.0837. The summed E-state index contributed by atoms with van der Waals surface area (Å²) < 4.78 is 10.5. The van der Waals surface area contributed by atoms with Crippen molar-refractivity contribution in [1.82, 2.24) is 0 Å². The lowest BCUT2D eigenvalue weighted by molar-refractivity contribution is -0.0642. The predicted octanol–water partition coefficient (Wildman–Crippen LogP) is -0.891. The van der Waals surface area contributed by atoms with Gasteiger partial charge in [-0.1, -0.05) is 0 Å². The molecule has 0 aliphatic rings. The van der Waals surface area contributed by atoms with Crippen LogP contribution in [0.5, 0.6) is 0 Å². The minimum atomic E-state index is -0.472. The van der Waals surface area contributed by atoms with Crippen molar-refractivity contribution in [2.24, 2.45) is 5.73 Å². The van der Waals surface area contributed by atoms with E-state index in [1.54, 1.807) is 6.92 Å². The molecule has 5 heteroatoms. The van der Waals surface area contributed by atoms with Crippen molar-refractivity contribution in [2.75, 3.05) is 26.4 Å². The van der Waals surface area contributed by atoms with Gasteiger partial charge in [0, 0.05) is 6.54 Å². The van der Waals surface area contributed by atoms with Crippen molar-refractivity contribution >= 4 is 0 Å². The summed E-state index contributed by atoms with van der Waals surface area (Å²) >= 11 is 0. The van der Waals surface area contributed by atoms with Gasteiger partial charge in [-0.2, -0.15) is 0 Å². The zero-order valence-corrected chi connectivity index (χ0v) is 8.85. The topological polar surface area (TPSA) is 84.9 Å². The van der Waals surface area contributed by atoms with E-state index in [-0.39, 0.29) is 25.4 Å². The quantitative estimate of drug-likeness (QED) is 0.481. The summed E-state index contributed by atoms with van der Waals surface area (Å²) in [5, 5.41) is 17.7. The van der Waals surface area contributed by atoms with Gasteiger partial charge in [-0.15, -0.1) is 0 Å². The SMILES string of the molecule is CC(O)COC(C)COC(CN)CO. The maximum Gasteiger partial charge on any atom is 0.0928 e. The van der Waals surface area contributed by atoms with Crippen LogP contribution in [0.1, 0.15) is 13.8 Å². The second-order valence-corrected chi connectivity index (χ2v) is 3.37. The van der Waals surface area contributed by atoms with E-state index >= 15 is 0 Å². The van der Waals surface area contributed by atoms with Crippen LogP contribution >= 0.6 is 0 Å². The highest BCUT2D eigenvalue weighted by atomic mass is 16.5. The molecule has 0 amide bonds. The Morgan fingerprint density at radius 3 is 2.29 bits per heavy atom. The van der Waals surface area contributed by atoms with Gasteiger partial charge in [0.05, 0.1) is 38.1 Å². The summed E-state index contributed by atoms with van der Waals surface area (Å²) in [5.74, 6) is 0. The van der Waals surface area contributed by atoms with Gasteiger partial charge in [0.15, 0.2) is 0 Å². The van der Waals surface area contributed by atoms with E-state index < -0.39 is 6.10 Å². The van der Waals surface area contributed by atoms with Gasteiger partial charge in [-0.3, -0.25) is 0 Å². The Kier molecular flexibility index (Phi) is 8.02. The minimum Gasteiger partial charge on any atom is -0.394 e. The fourth-order valence-electron chi connectivity index (χ4n) is 0.819. The fraction of sp³-hybridized carbons (Fsp3) is 1.00. The molecule has 0 aromatic carbocycles. The molecule has 0 bridgehead atoms. The van der Waals surface area contributed by atoms with Crippen LogP contribution in [-0.2, 0) is 9.47 Å². The maximum absolute atomic E-state index is 8.95. The Hall–Kier alpha value is -0.200. The molecule has 0 aliphatic heterocycles. The van der Waals surface area contributed by atoms with Crippen LogP contribution < -0.4 is 5.73 Å². The van der Waals surface area contributed by atoms with Crippen LogP contribution in [-0.4, -0.2) is 54.9 Å². The molecule has 0 radical (unpaired) electrons. The van der Waals surface area contributed by atoms with E-state index in [1.165, 1.54) is 0 Å². The lowest BCUT2D eigenvalue weighted by Gasteiger charge is -2.18. The van der Waals surface area contributed by atoms with Crippen molar-refractivity contribution in [1.29, 1.82) is 0 Å². The van der Waals surface area contributed by atoms with Gasteiger partial charge in [0.25, 0.3) is 0 Å². The van der Waals surface area contributed by atoms with Gasteiger partial charge in [-0.25, -0.2) is 0 Å². The number of nitrogens with two attached hydrogens (primary N) is 1. The van der Waals surface area contributed by atoms with Crippen molar-refractivity contribution in [2.45, 2.75) is 32.2 Å². The first kappa shape index (κ1) is 13.8. The highest BCUT2D eigenvalue weighted by Crippen LogP contribution is 1.97. The van der Waals surface area contributed by atoms with Gasteiger partial charge in [0.1, 0.15) is 0 Å². The summed E-state index contributed by atoms with van der Waals surface area (Å²) in [6.07, 6.45) is -0.904. The first-order valence-electron chi connectivity index (χ1n) is 4.82. The third-order valence-corrected chi connectivity index (χ3v) is 1.66. The molecule has 0 heterocycles. The fourth-order valence-corrected chi connectivity index (χ4v) is 0.819. The Bertz CT molecular complexity index is 128. The average Bonchev–Trinajstić information content (AvgIpc) is 2.16. The Morgan fingerprint density at radius 1 is 1.21 bits per heavy atom. The first-order chi connectivity index (χ1) is 6.60. The number of ether oxygens (including phenoxy) is 2. The maximum atomic E-state index is 8.95. The van der Waals surface area contributed by atoms with Crippen molar-refractivity contribution in [3.8, 4) is 0 Å². The number of hydrogen-bond donors (Lipinski definition) is 3. The molecule has 5 nitrogen and oxygen atoms in total. The van der Waals surface area contributed by atoms with Crippen molar-refractivity contribution in [3.63, 3.8) is 0 Å². The van der Waals surface area contributed by atoms with E-state index in [1.807, 2.05) is 6.92 Å². The molecular weight excluding hydrogens is 186 g/mol. The summed E-state index contributed by atoms with van der Waals surface area (Å²) in [4.78, 5) is 0. The molecule has 3 atom stereocenters. The van der Waals surface area contributed by atoms with Gasteiger partial charge in [0.2, 0.25) is 0 Å². The predicted molar refractivity (Wildman–Crippen MR) is 53.0 cm³/mol. The summed E-state index contributed by atoms with van der Waals surface area (Å²) in [5.41, 5.74) is 5.33. The monoisotopic (exact) mass is 207 g/mol. The van der Waals surface area contributed by atoms with Gasteiger partial charge >= 0.3 is 0 Å². The summed E-state index contributed by atoms with van der Waals surface area (Å²) in [7, 11) is 0. The van der Waals surface area contributed by atoms with Crippen LogP contribution in [0.15, 0.2) is 0 Å². The number of rotatable bonds is 8. The van der Waals surface area contributed by atoms with Crippen LogP contribution in [0.3, 0.4) is 0 Å². The molecule has 0 saturated heterocycles. The molecule has 0 rings (SSSR count). The molecule has 0 aromatic rings. The van der Waals surface area contributed by atoms with Crippen LogP contribution in [0.2, 0.25) is 0 Å². The third kappa shape index (κ3) is 7.23. The van der Waals surface area contributed by atoms with E-state index in [0.29, 0.717) is 13.2 Å². The molecule has 3 unspecified atom stereocenters. The van der Waals surface area contributed by atoms with Gasteiger partial charge < -0.3 is 25.4 Å². The second-order valence-electron chi connectivity index (χ2n) is 3.37. The molecular formula is C9H21NO4. The van der Waals surface area contributed by atoms with E-state index in [2.05, 4.69) is 0 Å². The van der Waals surface area contributed by atoms with Gasteiger partial charge in [-0.05, 0) is 13.8 Å². The highest BCUT2D eigenvalue weighted by molar-refractivity contribution is 4.58. The largest absolute Gasteiger partial charge is 0.394 e. The lowest BCUT2D eigenvalue weighted by Crippen LogP contribution is -2.31. The average molecular weight is 207 g/mol. The van der Waals surface area contributed by atoms with Crippen molar-refractivity contribution < 1.29 is 19.7 Å². The molecule has 0 spiro atoms. The smallest absolute Gasteiger partial charge is 0.0928 e. The van der Waals surface area contributed by atoms with E-state index in [4.69, 9.17) is 25.4 Å². The Labute approximate surface area is 84.8 Å². The first-order valence-corrected chi connectivity index (χ1v) is 4.82. The van der Waals surface area contributed by atoms with E-state index in [9.17, 15) is 0 Å². The molecule has 4 N–H and O–H groups in total. The normalized spacial score (nSPS) is 17.8. The molecule has 0 saturated carbocycles. The Morgan fingerprint density at radius 2 is 1.86 bits per heavy atom. The zero-order valence-electron chi connectivity index (χ0n) is 8.85. The summed E-state index contributed by atoms with van der Waals surface area (Å²) in [6, 6.07) is 0. The second kappa shape index (κ2) is 8.14. The number of aliphatic hydroxyl groups excluding tert-OH is 2. The number of aliphatic hydroxyl groups is 2.